The van der Waals surface area contributed by atoms with Crippen molar-refractivity contribution in [2.75, 3.05) is 0 Å². The molecular formula is C15H25NO3. The van der Waals surface area contributed by atoms with E-state index >= 15 is 0 Å². The maximum atomic E-state index is 10.0. The number of aliphatic hydroxyl groups is 1. The van der Waals surface area contributed by atoms with Crippen molar-refractivity contribution in [1.29, 1.82) is 0 Å². The summed E-state index contributed by atoms with van der Waals surface area (Å²) in [5.41, 5.74) is 7.90. The van der Waals surface area contributed by atoms with Gasteiger partial charge in [-0.1, -0.05) is 25.1 Å². The largest absolute Gasteiger partial charge is 0.444 e. The number of rotatable bonds is 2. The molecule has 1 amide bonds. The zero-order valence-electron chi connectivity index (χ0n) is 12.5. The summed E-state index contributed by atoms with van der Waals surface area (Å²) in [7, 11) is 0. The van der Waals surface area contributed by atoms with Crippen LogP contribution in [0.5, 0.6) is 0 Å². The Balaban J connectivity index is 0.000000362. The molecule has 0 aromatic heterocycles. The van der Waals surface area contributed by atoms with Crippen LogP contribution < -0.4 is 5.73 Å². The van der Waals surface area contributed by atoms with E-state index in [1.807, 2.05) is 12.1 Å². The van der Waals surface area contributed by atoms with E-state index in [2.05, 4.69) is 24.7 Å². The molecule has 0 bridgehead atoms. The van der Waals surface area contributed by atoms with E-state index in [1.165, 1.54) is 11.1 Å². The zero-order valence-corrected chi connectivity index (χ0v) is 12.5. The molecule has 19 heavy (non-hydrogen) atoms. The second-order valence-electron chi connectivity index (χ2n) is 5.31. The molecule has 0 spiro atoms. The molecule has 3 N–H and O–H groups in total. The summed E-state index contributed by atoms with van der Waals surface area (Å²) in [5.74, 6) is 0. The predicted molar refractivity (Wildman–Crippen MR) is 76.9 cm³/mol. The number of aryl methyl sites for hydroxylation is 2. The Morgan fingerprint density at radius 2 is 1.95 bits per heavy atom. The fraction of sp³-hybridized carbons (Fsp3) is 0.533. The standard InChI is InChI=1S/C10H14O.C5H11NO2/c1-3-10-5-4-9(7-11)6-8(10)2;1-5(2,3)8-4(6)7/h4-6,11H,3,7H2,1-2H3;1-3H3,(H2,6,7). The number of nitrogens with two attached hydrogens (primary N) is 1. The Morgan fingerprint density at radius 1 is 1.37 bits per heavy atom. The fourth-order valence-electron chi connectivity index (χ4n) is 1.55. The summed E-state index contributed by atoms with van der Waals surface area (Å²) in [4.78, 5) is 10.0. The van der Waals surface area contributed by atoms with Gasteiger partial charge in [-0.3, -0.25) is 0 Å². The second-order valence-corrected chi connectivity index (χ2v) is 5.31. The topological polar surface area (TPSA) is 72.5 Å². The molecule has 0 unspecified atom stereocenters. The first-order valence-electron chi connectivity index (χ1n) is 6.37. The van der Waals surface area contributed by atoms with Gasteiger partial charge in [-0.25, -0.2) is 4.79 Å². The molecule has 4 nitrogen and oxygen atoms in total. The summed E-state index contributed by atoms with van der Waals surface area (Å²) in [6, 6.07) is 6.10. The van der Waals surface area contributed by atoms with Crippen molar-refractivity contribution in [2.45, 2.75) is 53.2 Å². The van der Waals surface area contributed by atoms with Gasteiger partial charge in [0.05, 0.1) is 6.61 Å². The summed E-state index contributed by atoms with van der Waals surface area (Å²) in [6.07, 6.45) is 0.342. The van der Waals surface area contributed by atoms with Gasteiger partial charge in [0.15, 0.2) is 0 Å². The van der Waals surface area contributed by atoms with Crippen LogP contribution in [-0.4, -0.2) is 16.8 Å². The molecule has 1 aromatic carbocycles. The average molecular weight is 267 g/mol. The lowest BCUT2D eigenvalue weighted by molar-refractivity contribution is 0.0600. The third-order valence-corrected chi connectivity index (χ3v) is 2.38. The Morgan fingerprint density at radius 3 is 2.21 bits per heavy atom. The Kier molecular flexibility index (Phi) is 7.16. The number of hydrogen-bond acceptors (Lipinski definition) is 3. The minimum atomic E-state index is -0.725. The van der Waals surface area contributed by atoms with E-state index in [-0.39, 0.29) is 6.61 Å². The molecule has 0 heterocycles. The molecule has 0 saturated heterocycles. The van der Waals surface area contributed by atoms with Gasteiger partial charge in [-0.05, 0) is 50.8 Å². The van der Waals surface area contributed by atoms with E-state index < -0.39 is 11.7 Å². The molecule has 0 saturated carbocycles. The Bertz CT molecular complexity index is 408. The molecule has 1 rings (SSSR count). The first-order chi connectivity index (χ1) is 8.69. The van der Waals surface area contributed by atoms with Gasteiger partial charge in [0.2, 0.25) is 0 Å². The summed E-state index contributed by atoms with van der Waals surface area (Å²) in [6.45, 7) is 9.65. The van der Waals surface area contributed by atoms with Gasteiger partial charge in [0.25, 0.3) is 0 Å². The number of ether oxygens (including phenoxy) is 1. The van der Waals surface area contributed by atoms with Gasteiger partial charge in [0, 0.05) is 0 Å². The number of carbonyl (C=O) groups is 1. The van der Waals surface area contributed by atoms with Crippen LogP contribution in [0.25, 0.3) is 0 Å². The quantitative estimate of drug-likeness (QED) is 0.865. The van der Waals surface area contributed by atoms with Gasteiger partial charge in [-0.15, -0.1) is 0 Å². The first-order valence-corrected chi connectivity index (χ1v) is 6.37. The molecule has 0 aliphatic rings. The van der Waals surface area contributed by atoms with Crippen molar-refractivity contribution >= 4 is 6.09 Å². The van der Waals surface area contributed by atoms with Crippen molar-refractivity contribution in [3.8, 4) is 0 Å². The Hall–Kier alpha value is -1.55. The third-order valence-electron chi connectivity index (χ3n) is 2.38. The molecule has 0 aliphatic heterocycles. The summed E-state index contributed by atoms with van der Waals surface area (Å²) in [5, 5.41) is 8.83. The lowest BCUT2D eigenvalue weighted by Gasteiger charge is -2.16. The minimum Gasteiger partial charge on any atom is -0.444 e. The van der Waals surface area contributed by atoms with Crippen LogP contribution >= 0.6 is 0 Å². The second kappa shape index (κ2) is 7.79. The van der Waals surface area contributed by atoms with Gasteiger partial charge >= 0.3 is 6.09 Å². The highest BCUT2D eigenvalue weighted by Gasteiger charge is 2.12. The van der Waals surface area contributed by atoms with E-state index in [4.69, 9.17) is 10.8 Å². The van der Waals surface area contributed by atoms with Crippen molar-refractivity contribution in [3.05, 3.63) is 34.9 Å². The Labute approximate surface area is 115 Å². The SMILES string of the molecule is CC(C)(C)OC(N)=O.CCc1ccc(CO)cc1C. The molecule has 108 valence electrons. The lowest BCUT2D eigenvalue weighted by atomic mass is 10.0. The van der Waals surface area contributed by atoms with E-state index in [9.17, 15) is 4.79 Å². The van der Waals surface area contributed by atoms with Crippen molar-refractivity contribution in [1.82, 2.24) is 0 Å². The van der Waals surface area contributed by atoms with Crippen LogP contribution in [0.15, 0.2) is 18.2 Å². The molecule has 0 atom stereocenters. The average Bonchev–Trinajstić information content (AvgIpc) is 2.26. The van der Waals surface area contributed by atoms with Crippen LogP contribution in [-0.2, 0) is 17.8 Å². The van der Waals surface area contributed by atoms with Crippen LogP contribution in [0.3, 0.4) is 0 Å². The molecule has 1 aromatic rings. The number of hydrogen-bond donors (Lipinski definition) is 2. The molecular weight excluding hydrogens is 242 g/mol. The molecule has 0 aliphatic carbocycles. The van der Waals surface area contributed by atoms with Gasteiger partial charge < -0.3 is 15.6 Å². The number of benzene rings is 1. The van der Waals surface area contributed by atoms with Gasteiger partial charge in [0.1, 0.15) is 5.60 Å². The summed E-state index contributed by atoms with van der Waals surface area (Å²) >= 11 is 0. The fourth-order valence-corrected chi connectivity index (χ4v) is 1.55. The van der Waals surface area contributed by atoms with Crippen molar-refractivity contribution in [3.63, 3.8) is 0 Å². The van der Waals surface area contributed by atoms with E-state index in [0.29, 0.717) is 0 Å². The smallest absolute Gasteiger partial charge is 0.405 e. The number of primary amides is 1. The molecule has 4 heteroatoms. The lowest BCUT2D eigenvalue weighted by Crippen LogP contribution is -2.27. The summed E-state index contributed by atoms with van der Waals surface area (Å²) < 4.78 is 4.58. The van der Waals surface area contributed by atoms with Crippen molar-refractivity contribution < 1.29 is 14.6 Å². The predicted octanol–water partition coefficient (Wildman–Crippen LogP) is 2.93. The molecule has 0 radical (unpaired) electrons. The first kappa shape index (κ1) is 17.4. The molecule has 0 fully saturated rings. The highest BCUT2D eigenvalue weighted by molar-refractivity contribution is 5.65. The third kappa shape index (κ3) is 8.21. The zero-order chi connectivity index (χ0) is 15.1. The number of aliphatic hydroxyl groups excluding tert-OH is 1. The number of carbonyl (C=O) groups excluding carboxylic acids is 1. The van der Waals surface area contributed by atoms with Gasteiger partial charge in [-0.2, -0.15) is 0 Å². The van der Waals surface area contributed by atoms with Crippen LogP contribution in [0.1, 0.15) is 44.4 Å². The maximum absolute atomic E-state index is 10.0. The monoisotopic (exact) mass is 267 g/mol. The van der Waals surface area contributed by atoms with Crippen LogP contribution in [0, 0.1) is 6.92 Å². The van der Waals surface area contributed by atoms with E-state index in [1.54, 1.807) is 20.8 Å². The normalized spacial score (nSPS) is 10.4. The highest BCUT2D eigenvalue weighted by Crippen LogP contribution is 2.11. The van der Waals surface area contributed by atoms with Crippen molar-refractivity contribution in [2.24, 2.45) is 5.73 Å². The van der Waals surface area contributed by atoms with E-state index in [0.717, 1.165) is 12.0 Å². The van der Waals surface area contributed by atoms with Crippen LogP contribution in [0.4, 0.5) is 4.79 Å². The van der Waals surface area contributed by atoms with Crippen LogP contribution in [0.2, 0.25) is 0 Å². The highest BCUT2D eigenvalue weighted by atomic mass is 16.6. The number of amides is 1. The maximum Gasteiger partial charge on any atom is 0.405 e. The minimum absolute atomic E-state index is 0.144.